The summed E-state index contributed by atoms with van der Waals surface area (Å²) >= 11 is 0. The molecule has 1 unspecified atom stereocenters. The van der Waals surface area contributed by atoms with Crippen LogP contribution in [0.25, 0.3) is 0 Å². The van der Waals surface area contributed by atoms with Crippen molar-refractivity contribution < 1.29 is 22.7 Å². The van der Waals surface area contributed by atoms with Crippen molar-refractivity contribution in [2.24, 2.45) is 0 Å². The number of aryl methyl sites for hydroxylation is 2. The van der Waals surface area contributed by atoms with Crippen LogP contribution in [0.1, 0.15) is 54.4 Å². The normalized spacial score (nSPS) is 14.5. The monoisotopic (exact) mass is 605 g/mol. The first-order chi connectivity index (χ1) is 20.5. The largest absolute Gasteiger partial charge is 0.497 e. The molecule has 1 atom stereocenters. The Morgan fingerprint density at radius 2 is 1.56 bits per heavy atom. The molecule has 0 radical (unpaired) electrons. The van der Waals surface area contributed by atoms with Gasteiger partial charge in [0.2, 0.25) is 21.8 Å². The summed E-state index contributed by atoms with van der Waals surface area (Å²) in [6.45, 7) is 3.45. The van der Waals surface area contributed by atoms with E-state index in [1.807, 2.05) is 74.5 Å². The zero-order valence-electron chi connectivity index (χ0n) is 25.6. The van der Waals surface area contributed by atoms with E-state index in [0.717, 1.165) is 64.9 Å². The molecule has 4 rings (SSSR count). The SMILES string of the molecule is COc1cccc(CN(C(=O)CN(c2cc(C)cc(C)c2)S(C)(=O)=O)C(Cc2ccccc2)C(=O)NC2CCCCC2)c1. The maximum atomic E-state index is 14.3. The van der Waals surface area contributed by atoms with Crippen LogP contribution >= 0.6 is 0 Å². The number of methoxy groups -OCH3 is 1. The summed E-state index contributed by atoms with van der Waals surface area (Å²) in [5, 5.41) is 3.22. The van der Waals surface area contributed by atoms with Crippen molar-refractivity contribution >= 4 is 27.5 Å². The summed E-state index contributed by atoms with van der Waals surface area (Å²) in [7, 11) is -2.25. The van der Waals surface area contributed by atoms with Gasteiger partial charge in [0, 0.05) is 19.0 Å². The molecule has 8 nitrogen and oxygen atoms in total. The van der Waals surface area contributed by atoms with Gasteiger partial charge in [0.1, 0.15) is 18.3 Å². The maximum Gasteiger partial charge on any atom is 0.244 e. The van der Waals surface area contributed by atoms with E-state index < -0.39 is 28.5 Å². The molecule has 0 aliphatic heterocycles. The van der Waals surface area contributed by atoms with E-state index >= 15 is 0 Å². The van der Waals surface area contributed by atoms with Gasteiger partial charge in [0.05, 0.1) is 19.1 Å². The highest BCUT2D eigenvalue weighted by Crippen LogP contribution is 2.24. The number of sulfonamides is 1. The van der Waals surface area contributed by atoms with E-state index in [2.05, 4.69) is 5.32 Å². The molecule has 0 saturated heterocycles. The molecule has 9 heteroatoms. The van der Waals surface area contributed by atoms with Crippen LogP contribution in [0.5, 0.6) is 5.75 Å². The fraction of sp³-hybridized carbons (Fsp3) is 0.412. The number of rotatable bonds is 12. The van der Waals surface area contributed by atoms with Gasteiger partial charge in [0.15, 0.2) is 0 Å². The van der Waals surface area contributed by atoms with E-state index in [9.17, 15) is 18.0 Å². The van der Waals surface area contributed by atoms with Crippen molar-refractivity contribution in [3.63, 3.8) is 0 Å². The van der Waals surface area contributed by atoms with E-state index in [0.29, 0.717) is 11.4 Å². The number of amides is 2. The maximum absolute atomic E-state index is 14.3. The lowest BCUT2D eigenvalue weighted by Gasteiger charge is -2.35. The minimum Gasteiger partial charge on any atom is -0.497 e. The average molecular weight is 606 g/mol. The molecule has 0 bridgehead atoms. The third-order valence-corrected chi connectivity index (χ3v) is 9.02. The van der Waals surface area contributed by atoms with Crippen LogP contribution in [0, 0.1) is 13.8 Å². The Kier molecular flexibility index (Phi) is 10.9. The van der Waals surface area contributed by atoms with E-state index in [-0.39, 0.29) is 24.9 Å². The molecule has 43 heavy (non-hydrogen) atoms. The highest BCUT2D eigenvalue weighted by atomic mass is 32.2. The van der Waals surface area contributed by atoms with E-state index in [4.69, 9.17) is 4.74 Å². The molecule has 1 fully saturated rings. The molecule has 2 amide bonds. The van der Waals surface area contributed by atoms with Crippen molar-refractivity contribution in [1.82, 2.24) is 10.2 Å². The lowest BCUT2D eigenvalue weighted by atomic mass is 9.94. The first kappa shape index (κ1) is 32.1. The second-order valence-corrected chi connectivity index (χ2v) is 13.4. The lowest BCUT2D eigenvalue weighted by Crippen LogP contribution is -2.55. The van der Waals surface area contributed by atoms with Gasteiger partial charge in [-0.05, 0) is 73.2 Å². The molecule has 0 heterocycles. The standard InChI is InChI=1S/C34H43N3O5S/c1-25-18-26(2)20-30(19-25)37(43(4,40)41)24-33(38)36(23-28-14-11-17-31(21-28)42-3)32(22-27-12-7-5-8-13-27)34(39)35-29-15-9-6-10-16-29/h5,7-8,11-14,17-21,29,32H,6,9-10,15-16,22-24H2,1-4H3,(H,35,39). The van der Waals surface area contributed by atoms with Crippen LogP contribution in [0.2, 0.25) is 0 Å². The van der Waals surface area contributed by atoms with E-state index in [1.165, 1.54) is 4.90 Å². The molecule has 3 aromatic carbocycles. The number of benzene rings is 3. The Morgan fingerprint density at radius 1 is 0.907 bits per heavy atom. The van der Waals surface area contributed by atoms with Crippen LogP contribution < -0.4 is 14.4 Å². The topological polar surface area (TPSA) is 96.0 Å². The van der Waals surface area contributed by atoms with Crippen molar-refractivity contribution in [2.75, 3.05) is 24.2 Å². The predicted molar refractivity (Wildman–Crippen MR) is 171 cm³/mol. The second-order valence-electron chi connectivity index (χ2n) is 11.5. The average Bonchev–Trinajstić information content (AvgIpc) is 2.97. The van der Waals surface area contributed by atoms with Crippen LogP contribution in [0.4, 0.5) is 5.69 Å². The van der Waals surface area contributed by atoms with Gasteiger partial charge in [-0.15, -0.1) is 0 Å². The summed E-state index contributed by atoms with van der Waals surface area (Å²) in [5.74, 6) is -0.0689. The van der Waals surface area contributed by atoms with Crippen LogP contribution in [0.3, 0.4) is 0 Å². The third-order valence-electron chi connectivity index (χ3n) is 7.88. The molecule has 0 spiro atoms. The van der Waals surface area contributed by atoms with Crippen molar-refractivity contribution in [1.29, 1.82) is 0 Å². The van der Waals surface area contributed by atoms with Gasteiger partial charge in [-0.25, -0.2) is 8.42 Å². The van der Waals surface area contributed by atoms with Gasteiger partial charge >= 0.3 is 0 Å². The minimum atomic E-state index is -3.83. The summed E-state index contributed by atoms with van der Waals surface area (Å²) < 4.78 is 32.7. The first-order valence-corrected chi connectivity index (χ1v) is 16.7. The Labute approximate surface area is 256 Å². The molecule has 3 aromatic rings. The van der Waals surface area contributed by atoms with Crippen LogP contribution in [0.15, 0.2) is 72.8 Å². The summed E-state index contributed by atoms with van der Waals surface area (Å²) in [4.78, 5) is 29.9. The van der Waals surface area contributed by atoms with Crippen molar-refractivity contribution in [2.45, 2.75) is 71.0 Å². The van der Waals surface area contributed by atoms with Gasteiger partial charge in [-0.1, -0.05) is 67.8 Å². The molecule has 1 aliphatic carbocycles. The Balaban J connectivity index is 1.74. The summed E-state index contributed by atoms with van der Waals surface area (Å²) in [5.41, 5.74) is 3.87. The molecule has 230 valence electrons. The number of carbonyl (C=O) groups excluding carboxylic acids is 2. The lowest BCUT2D eigenvalue weighted by molar-refractivity contribution is -0.140. The fourth-order valence-corrected chi connectivity index (χ4v) is 6.61. The van der Waals surface area contributed by atoms with E-state index in [1.54, 1.807) is 19.2 Å². The smallest absolute Gasteiger partial charge is 0.244 e. The molecule has 1 aliphatic rings. The fourth-order valence-electron chi connectivity index (χ4n) is 5.77. The zero-order chi connectivity index (χ0) is 31.0. The summed E-state index contributed by atoms with van der Waals surface area (Å²) in [6, 6.07) is 21.6. The number of hydrogen-bond donors (Lipinski definition) is 1. The quantitative estimate of drug-likeness (QED) is 0.308. The molecule has 1 N–H and O–H groups in total. The predicted octanol–water partition coefficient (Wildman–Crippen LogP) is 5.17. The number of carbonyl (C=O) groups is 2. The summed E-state index contributed by atoms with van der Waals surface area (Å²) in [6.07, 6.45) is 6.46. The minimum absolute atomic E-state index is 0.0519. The van der Waals surface area contributed by atoms with Gasteiger partial charge in [-0.2, -0.15) is 0 Å². The Morgan fingerprint density at radius 3 is 2.19 bits per heavy atom. The number of ether oxygens (including phenoxy) is 1. The van der Waals surface area contributed by atoms with Crippen LogP contribution in [-0.4, -0.2) is 57.1 Å². The Bertz CT molecular complexity index is 1480. The van der Waals surface area contributed by atoms with Crippen LogP contribution in [-0.2, 0) is 32.6 Å². The van der Waals surface area contributed by atoms with Gasteiger partial charge in [-0.3, -0.25) is 13.9 Å². The third kappa shape index (κ3) is 9.07. The number of nitrogens with one attached hydrogen (secondary N) is 1. The second kappa shape index (κ2) is 14.6. The molecular formula is C34H43N3O5S. The van der Waals surface area contributed by atoms with Gasteiger partial charge < -0.3 is 15.0 Å². The van der Waals surface area contributed by atoms with Gasteiger partial charge in [0.25, 0.3) is 0 Å². The highest BCUT2D eigenvalue weighted by molar-refractivity contribution is 7.92. The number of hydrogen-bond acceptors (Lipinski definition) is 5. The van der Waals surface area contributed by atoms with Crippen molar-refractivity contribution in [3.05, 3.63) is 95.1 Å². The molecule has 1 saturated carbocycles. The highest BCUT2D eigenvalue weighted by Gasteiger charge is 2.34. The first-order valence-electron chi connectivity index (χ1n) is 14.9. The molecule has 0 aromatic heterocycles. The van der Waals surface area contributed by atoms with Crippen molar-refractivity contribution in [3.8, 4) is 5.75 Å². The zero-order valence-corrected chi connectivity index (χ0v) is 26.4. The number of anilines is 1. The Hall–Kier alpha value is -3.85. The number of nitrogens with zero attached hydrogens (tertiary/aromatic N) is 2. The molecular weight excluding hydrogens is 562 g/mol.